The Morgan fingerprint density at radius 3 is 2.80 bits per heavy atom. The number of H-pyrrole nitrogens is 1. The van der Waals surface area contributed by atoms with Gasteiger partial charge in [0.1, 0.15) is 11.6 Å². The second-order valence-electron chi connectivity index (χ2n) is 4.60. The number of rotatable bonds is 4. The molecule has 20 heavy (non-hydrogen) atoms. The van der Waals surface area contributed by atoms with E-state index >= 15 is 0 Å². The molecular formula is C16H15BrN2O. The SMILES string of the molecule is CCCOc1ccc(-c2nc3ccccc3[nH]2)cc1Br. The number of fused-ring (bicyclic) bond motifs is 1. The quantitative estimate of drug-likeness (QED) is 0.747. The van der Waals surface area contributed by atoms with Gasteiger partial charge in [-0.2, -0.15) is 0 Å². The Labute approximate surface area is 126 Å². The molecule has 3 nitrogen and oxygen atoms in total. The number of para-hydroxylation sites is 2. The van der Waals surface area contributed by atoms with Crippen molar-refractivity contribution in [2.75, 3.05) is 6.61 Å². The number of nitrogens with one attached hydrogen (secondary N) is 1. The van der Waals surface area contributed by atoms with Gasteiger partial charge in [-0.15, -0.1) is 0 Å². The van der Waals surface area contributed by atoms with Gasteiger partial charge in [0.2, 0.25) is 0 Å². The van der Waals surface area contributed by atoms with Gasteiger partial charge in [-0.1, -0.05) is 19.1 Å². The third kappa shape index (κ3) is 2.56. The summed E-state index contributed by atoms with van der Waals surface area (Å²) in [6, 6.07) is 14.0. The summed E-state index contributed by atoms with van der Waals surface area (Å²) in [6.07, 6.45) is 0.998. The van der Waals surface area contributed by atoms with Crippen LogP contribution in [0.5, 0.6) is 5.75 Å². The summed E-state index contributed by atoms with van der Waals surface area (Å²) < 4.78 is 6.61. The Balaban J connectivity index is 1.95. The monoisotopic (exact) mass is 330 g/mol. The molecular weight excluding hydrogens is 316 g/mol. The van der Waals surface area contributed by atoms with E-state index in [0.29, 0.717) is 0 Å². The minimum absolute atomic E-state index is 0.725. The second-order valence-corrected chi connectivity index (χ2v) is 5.45. The van der Waals surface area contributed by atoms with Crippen molar-refractivity contribution in [2.24, 2.45) is 0 Å². The first kappa shape index (κ1) is 13.2. The molecule has 0 aliphatic rings. The van der Waals surface area contributed by atoms with Crippen LogP contribution >= 0.6 is 15.9 Å². The van der Waals surface area contributed by atoms with Crippen molar-refractivity contribution in [3.8, 4) is 17.1 Å². The molecule has 0 spiro atoms. The number of aromatic nitrogens is 2. The van der Waals surface area contributed by atoms with E-state index in [1.807, 2.05) is 42.5 Å². The van der Waals surface area contributed by atoms with Crippen molar-refractivity contribution in [3.63, 3.8) is 0 Å². The molecule has 0 aliphatic carbocycles. The van der Waals surface area contributed by atoms with Gasteiger partial charge in [0.15, 0.2) is 0 Å². The fourth-order valence-electron chi connectivity index (χ4n) is 2.07. The summed E-state index contributed by atoms with van der Waals surface area (Å²) in [5.74, 6) is 1.74. The number of imidazole rings is 1. The summed E-state index contributed by atoms with van der Waals surface area (Å²) in [6.45, 7) is 2.82. The molecule has 0 saturated heterocycles. The van der Waals surface area contributed by atoms with Crippen molar-refractivity contribution in [2.45, 2.75) is 13.3 Å². The van der Waals surface area contributed by atoms with E-state index in [-0.39, 0.29) is 0 Å². The molecule has 0 radical (unpaired) electrons. The molecule has 0 amide bonds. The number of hydrogen-bond donors (Lipinski definition) is 1. The van der Waals surface area contributed by atoms with E-state index in [0.717, 1.165) is 45.7 Å². The van der Waals surface area contributed by atoms with Crippen LogP contribution in [-0.2, 0) is 0 Å². The summed E-state index contributed by atoms with van der Waals surface area (Å²) >= 11 is 3.55. The molecule has 0 fully saturated rings. The van der Waals surface area contributed by atoms with Gasteiger partial charge < -0.3 is 9.72 Å². The van der Waals surface area contributed by atoms with Crippen molar-refractivity contribution >= 4 is 27.0 Å². The standard InChI is InChI=1S/C16H15BrN2O/c1-2-9-20-15-8-7-11(10-12(15)17)16-18-13-5-3-4-6-14(13)19-16/h3-8,10H,2,9H2,1H3,(H,18,19). The Morgan fingerprint density at radius 2 is 2.05 bits per heavy atom. The number of aromatic amines is 1. The Kier molecular flexibility index (Phi) is 3.74. The van der Waals surface area contributed by atoms with Crippen molar-refractivity contribution in [1.82, 2.24) is 9.97 Å². The molecule has 0 saturated carbocycles. The molecule has 3 aromatic rings. The highest BCUT2D eigenvalue weighted by Crippen LogP contribution is 2.30. The predicted octanol–water partition coefficient (Wildman–Crippen LogP) is 4.78. The van der Waals surface area contributed by atoms with Crippen LogP contribution < -0.4 is 4.74 Å². The van der Waals surface area contributed by atoms with Gasteiger partial charge in [0, 0.05) is 5.56 Å². The average molecular weight is 331 g/mol. The summed E-state index contributed by atoms with van der Waals surface area (Å²) in [7, 11) is 0. The number of hydrogen-bond acceptors (Lipinski definition) is 2. The van der Waals surface area contributed by atoms with Crippen LogP contribution in [0.2, 0.25) is 0 Å². The number of benzene rings is 2. The van der Waals surface area contributed by atoms with Crippen LogP contribution in [-0.4, -0.2) is 16.6 Å². The molecule has 0 atom stereocenters. The molecule has 1 aromatic heterocycles. The Bertz CT molecular complexity index is 703. The maximum atomic E-state index is 5.66. The minimum Gasteiger partial charge on any atom is -0.492 e. The third-order valence-electron chi connectivity index (χ3n) is 3.06. The number of halogens is 1. The van der Waals surface area contributed by atoms with Gasteiger partial charge >= 0.3 is 0 Å². The zero-order valence-electron chi connectivity index (χ0n) is 11.2. The summed E-state index contributed by atoms with van der Waals surface area (Å²) in [5, 5.41) is 0. The molecule has 3 rings (SSSR count). The molecule has 0 unspecified atom stereocenters. The molecule has 0 aliphatic heterocycles. The molecule has 4 heteroatoms. The van der Waals surface area contributed by atoms with E-state index in [2.05, 4.69) is 32.8 Å². The van der Waals surface area contributed by atoms with Gasteiger partial charge in [0.05, 0.1) is 22.1 Å². The average Bonchev–Trinajstić information content (AvgIpc) is 2.90. The lowest BCUT2D eigenvalue weighted by atomic mass is 10.2. The number of ether oxygens (including phenoxy) is 1. The van der Waals surface area contributed by atoms with Crippen LogP contribution in [0.3, 0.4) is 0 Å². The highest BCUT2D eigenvalue weighted by Gasteiger charge is 2.08. The maximum absolute atomic E-state index is 5.66. The lowest BCUT2D eigenvalue weighted by molar-refractivity contribution is 0.315. The van der Waals surface area contributed by atoms with Crippen LogP contribution in [0.1, 0.15) is 13.3 Å². The fraction of sp³-hybridized carbons (Fsp3) is 0.188. The van der Waals surface area contributed by atoms with Crippen molar-refractivity contribution in [1.29, 1.82) is 0 Å². The highest BCUT2D eigenvalue weighted by molar-refractivity contribution is 9.10. The largest absolute Gasteiger partial charge is 0.492 e. The lowest BCUT2D eigenvalue weighted by Crippen LogP contribution is -1.95. The van der Waals surface area contributed by atoms with Crippen LogP contribution in [0.25, 0.3) is 22.4 Å². The molecule has 1 N–H and O–H groups in total. The summed E-state index contributed by atoms with van der Waals surface area (Å²) in [4.78, 5) is 7.93. The van der Waals surface area contributed by atoms with Gasteiger partial charge in [-0.3, -0.25) is 0 Å². The first-order chi connectivity index (χ1) is 9.78. The van der Waals surface area contributed by atoms with Gasteiger partial charge in [0.25, 0.3) is 0 Å². The minimum atomic E-state index is 0.725. The second kappa shape index (κ2) is 5.67. The van der Waals surface area contributed by atoms with Crippen LogP contribution in [0, 0.1) is 0 Å². The fourth-order valence-corrected chi connectivity index (χ4v) is 2.56. The van der Waals surface area contributed by atoms with E-state index < -0.39 is 0 Å². The van der Waals surface area contributed by atoms with E-state index in [1.165, 1.54) is 0 Å². The molecule has 102 valence electrons. The highest BCUT2D eigenvalue weighted by atomic mass is 79.9. The van der Waals surface area contributed by atoms with E-state index in [1.54, 1.807) is 0 Å². The lowest BCUT2D eigenvalue weighted by Gasteiger charge is -2.07. The van der Waals surface area contributed by atoms with Crippen molar-refractivity contribution < 1.29 is 4.74 Å². The third-order valence-corrected chi connectivity index (χ3v) is 3.68. The number of nitrogens with zero attached hydrogens (tertiary/aromatic N) is 1. The van der Waals surface area contributed by atoms with E-state index in [9.17, 15) is 0 Å². The Morgan fingerprint density at radius 1 is 1.20 bits per heavy atom. The summed E-state index contributed by atoms with van der Waals surface area (Å²) in [5.41, 5.74) is 3.06. The van der Waals surface area contributed by atoms with Crippen LogP contribution in [0.15, 0.2) is 46.9 Å². The van der Waals surface area contributed by atoms with Gasteiger partial charge in [-0.05, 0) is 52.7 Å². The van der Waals surface area contributed by atoms with Crippen LogP contribution in [0.4, 0.5) is 0 Å². The van der Waals surface area contributed by atoms with E-state index in [4.69, 9.17) is 4.74 Å². The Hall–Kier alpha value is -1.81. The smallest absolute Gasteiger partial charge is 0.138 e. The zero-order chi connectivity index (χ0) is 13.9. The molecule has 0 bridgehead atoms. The molecule has 1 heterocycles. The molecule has 2 aromatic carbocycles. The first-order valence-corrected chi connectivity index (χ1v) is 7.44. The van der Waals surface area contributed by atoms with Crippen molar-refractivity contribution in [3.05, 3.63) is 46.9 Å². The van der Waals surface area contributed by atoms with Gasteiger partial charge in [-0.25, -0.2) is 4.98 Å². The predicted molar refractivity (Wildman–Crippen MR) is 85.0 cm³/mol. The zero-order valence-corrected chi connectivity index (χ0v) is 12.8. The topological polar surface area (TPSA) is 37.9 Å². The maximum Gasteiger partial charge on any atom is 0.138 e. The first-order valence-electron chi connectivity index (χ1n) is 6.65. The normalized spacial score (nSPS) is 10.9.